The predicted molar refractivity (Wildman–Crippen MR) is 48.8 cm³/mol. The summed E-state index contributed by atoms with van der Waals surface area (Å²) in [7, 11) is 0. The molecule has 0 aromatic rings. The van der Waals surface area contributed by atoms with Crippen molar-refractivity contribution in [1.82, 2.24) is 0 Å². The summed E-state index contributed by atoms with van der Waals surface area (Å²) >= 11 is 0. The molecule has 0 nitrogen and oxygen atoms in total. The van der Waals surface area contributed by atoms with Crippen molar-refractivity contribution in [2.45, 2.75) is 25.7 Å². The van der Waals surface area contributed by atoms with Gasteiger partial charge in [-0.25, -0.2) is 0 Å². The second kappa shape index (κ2) is 1.26. The number of fused-ring (bicyclic) bond motifs is 3. The normalized spacial score (nSPS) is 84.5. The molecule has 7 unspecified atom stereocenters. The summed E-state index contributed by atoms with van der Waals surface area (Å²) in [5, 5.41) is 0. The minimum absolute atomic E-state index is 1.03. The van der Waals surface area contributed by atoms with E-state index in [-0.39, 0.29) is 0 Å². The molecule has 0 heterocycles. The molecule has 6 saturated carbocycles. The Bertz CT molecular complexity index is 338. The Morgan fingerprint density at radius 3 is 2.69 bits per heavy atom. The number of hydrogen-bond acceptors (Lipinski definition) is 0. The summed E-state index contributed by atoms with van der Waals surface area (Å²) in [5.74, 6) is 10.3. The van der Waals surface area contributed by atoms with Crippen LogP contribution in [0, 0.1) is 52.8 Å². The third-order valence-corrected chi connectivity index (χ3v) is 7.17. The average Bonchev–Trinajstić information content (AvgIpc) is 2.93. The summed E-state index contributed by atoms with van der Waals surface area (Å²) in [6, 6.07) is 0. The Labute approximate surface area is 79.1 Å². The van der Waals surface area contributed by atoms with E-state index in [4.69, 9.17) is 0 Å². The largest absolute Gasteiger partial charge is 0.0496 e. The Morgan fingerprint density at radius 1 is 0.923 bits per heavy atom. The molecule has 68 valence electrons. The lowest BCUT2D eigenvalue weighted by atomic mass is 9.87. The van der Waals surface area contributed by atoms with Gasteiger partial charge in [-0.2, -0.15) is 0 Å². The van der Waals surface area contributed by atoms with E-state index in [1.807, 2.05) is 0 Å². The fourth-order valence-electron chi connectivity index (χ4n) is 7.25. The van der Waals surface area contributed by atoms with Gasteiger partial charge in [-0.05, 0) is 78.4 Å². The maximum atomic E-state index is 1.69. The highest BCUT2D eigenvalue weighted by Crippen LogP contribution is 2.97. The van der Waals surface area contributed by atoms with Crippen molar-refractivity contribution < 1.29 is 0 Å². The molecule has 0 aliphatic heterocycles. The van der Waals surface area contributed by atoms with Gasteiger partial charge in [-0.3, -0.25) is 0 Å². The van der Waals surface area contributed by atoms with E-state index in [0.717, 1.165) is 5.41 Å². The van der Waals surface area contributed by atoms with Crippen molar-refractivity contribution >= 4 is 0 Å². The van der Waals surface area contributed by atoms with Crippen molar-refractivity contribution in [2.24, 2.45) is 52.8 Å². The fourth-order valence-corrected chi connectivity index (χ4v) is 7.25. The zero-order chi connectivity index (χ0) is 7.95. The van der Waals surface area contributed by atoms with Gasteiger partial charge < -0.3 is 0 Å². The molecular formula is C13H16. The average molecular weight is 172 g/mol. The Kier molecular flexibility index (Phi) is 0.558. The van der Waals surface area contributed by atoms with Crippen LogP contribution in [0.25, 0.3) is 0 Å². The molecule has 6 fully saturated rings. The molecule has 0 N–H and O–H groups in total. The summed E-state index contributed by atoms with van der Waals surface area (Å²) in [4.78, 5) is 0. The molecule has 13 heavy (non-hydrogen) atoms. The van der Waals surface area contributed by atoms with Gasteiger partial charge in [0.25, 0.3) is 0 Å². The van der Waals surface area contributed by atoms with Gasteiger partial charge in [0.15, 0.2) is 0 Å². The molecule has 8 atom stereocenters. The molecule has 6 rings (SSSR count). The smallest absolute Gasteiger partial charge is 0.0170 e. The van der Waals surface area contributed by atoms with Crippen LogP contribution < -0.4 is 0 Å². The van der Waals surface area contributed by atoms with Gasteiger partial charge in [0, 0.05) is 0 Å². The van der Waals surface area contributed by atoms with E-state index in [1.165, 1.54) is 47.3 Å². The van der Waals surface area contributed by atoms with E-state index < -0.39 is 0 Å². The zero-order valence-electron chi connectivity index (χ0n) is 7.95. The summed E-state index contributed by atoms with van der Waals surface area (Å²) in [6.07, 6.45) is 6.62. The summed E-state index contributed by atoms with van der Waals surface area (Å²) in [5.41, 5.74) is 1.03. The lowest BCUT2D eigenvalue weighted by molar-refractivity contribution is 0.300. The lowest BCUT2D eigenvalue weighted by Crippen LogP contribution is -2.13. The van der Waals surface area contributed by atoms with Crippen LogP contribution in [0.2, 0.25) is 0 Å². The highest BCUT2D eigenvalue weighted by molar-refractivity contribution is 5.40. The molecule has 6 aliphatic rings. The van der Waals surface area contributed by atoms with Crippen LogP contribution in [-0.2, 0) is 0 Å². The highest BCUT2D eigenvalue weighted by atomic mass is 15.0. The number of hydrogen-bond donors (Lipinski definition) is 0. The van der Waals surface area contributed by atoms with Crippen molar-refractivity contribution in [3.63, 3.8) is 0 Å². The summed E-state index contributed by atoms with van der Waals surface area (Å²) in [6.45, 7) is 0. The van der Waals surface area contributed by atoms with E-state index in [0.29, 0.717) is 0 Å². The molecule has 0 radical (unpaired) electrons. The maximum absolute atomic E-state index is 1.69. The van der Waals surface area contributed by atoms with E-state index in [1.54, 1.807) is 25.7 Å². The topological polar surface area (TPSA) is 0 Å². The Balaban J connectivity index is 1.66. The minimum atomic E-state index is 1.03. The van der Waals surface area contributed by atoms with Gasteiger partial charge in [0.05, 0.1) is 0 Å². The Hall–Kier alpha value is 0. The number of rotatable bonds is 1. The molecular weight excluding hydrogens is 156 g/mol. The van der Waals surface area contributed by atoms with Gasteiger partial charge >= 0.3 is 0 Å². The minimum Gasteiger partial charge on any atom is -0.0496 e. The second-order valence-corrected chi connectivity index (χ2v) is 6.98. The van der Waals surface area contributed by atoms with Gasteiger partial charge in [-0.15, -0.1) is 0 Å². The molecule has 0 heteroatoms. The van der Waals surface area contributed by atoms with Crippen molar-refractivity contribution in [1.29, 1.82) is 0 Å². The van der Waals surface area contributed by atoms with E-state index in [2.05, 4.69) is 0 Å². The second-order valence-electron chi connectivity index (χ2n) is 6.98. The quantitative estimate of drug-likeness (QED) is 0.570. The van der Waals surface area contributed by atoms with Crippen LogP contribution >= 0.6 is 0 Å². The van der Waals surface area contributed by atoms with Crippen molar-refractivity contribution in [3.8, 4) is 0 Å². The molecule has 0 spiro atoms. The monoisotopic (exact) mass is 172 g/mol. The highest BCUT2D eigenvalue weighted by Gasteiger charge is 2.93. The predicted octanol–water partition coefficient (Wildman–Crippen LogP) is 2.54. The van der Waals surface area contributed by atoms with Gasteiger partial charge in [-0.1, -0.05) is 0 Å². The lowest BCUT2D eigenvalue weighted by Gasteiger charge is -2.17. The van der Waals surface area contributed by atoms with E-state index >= 15 is 0 Å². The van der Waals surface area contributed by atoms with Crippen molar-refractivity contribution in [2.75, 3.05) is 0 Å². The van der Waals surface area contributed by atoms with Crippen LogP contribution in [-0.4, -0.2) is 0 Å². The van der Waals surface area contributed by atoms with Crippen LogP contribution in [0.5, 0.6) is 0 Å². The fraction of sp³-hybridized carbons (Fsp3) is 1.00. The SMILES string of the molecule is C1C2CC3C4C2C2C1C2[C@@]34C1CC1. The van der Waals surface area contributed by atoms with Crippen LogP contribution in [0.15, 0.2) is 0 Å². The van der Waals surface area contributed by atoms with E-state index in [9.17, 15) is 0 Å². The first-order valence-electron chi connectivity index (χ1n) is 6.44. The first-order valence-corrected chi connectivity index (χ1v) is 6.44. The van der Waals surface area contributed by atoms with Crippen LogP contribution in [0.1, 0.15) is 25.7 Å². The summed E-state index contributed by atoms with van der Waals surface area (Å²) < 4.78 is 0. The van der Waals surface area contributed by atoms with Crippen LogP contribution in [0.4, 0.5) is 0 Å². The maximum Gasteiger partial charge on any atom is -0.0170 e. The molecule has 6 aliphatic carbocycles. The first-order chi connectivity index (χ1) is 6.44. The molecule has 0 aromatic heterocycles. The van der Waals surface area contributed by atoms with Gasteiger partial charge in [0.1, 0.15) is 0 Å². The Morgan fingerprint density at radius 2 is 1.85 bits per heavy atom. The van der Waals surface area contributed by atoms with Crippen LogP contribution in [0.3, 0.4) is 0 Å². The zero-order valence-corrected chi connectivity index (χ0v) is 7.95. The molecule has 0 saturated heterocycles. The van der Waals surface area contributed by atoms with Gasteiger partial charge in [0.2, 0.25) is 0 Å². The molecule has 0 bridgehead atoms. The standard InChI is InChI=1S/C13H16/c1-2-6(1)13-8-4-5-3-7-10(11(7)13)9(5)12(8)13/h5-12H,1-4H2/t5?,7?,8?,9?,10?,11?,12?,13-/m1/s1. The third kappa shape index (κ3) is 0.345. The van der Waals surface area contributed by atoms with Crippen molar-refractivity contribution in [3.05, 3.63) is 0 Å². The first kappa shape index (κ1) is 5.78. The molecule has 0 aromatic carbocycles. The third-order valence-electron chi connectivity index (χ3n) is 7.17. The molecule has 0 amide bonds.